The fourth-order valence-electron chi connectivity index (χ4n) is 2.92. The maximum Gasteiger partial charge on any atom is 0.338 e. The molecule has 0 radical (unpaired) electrons. The molecule has 8 nitrogen and oxygen atoms in total. The molecule has 1 fully saturated rings. The van der Waals surface area contributed by atoms with E-state index in [0.717, 1.165) is 4.90 Å². The Morgan fingerprint density at radius 1 is 1.16 bits per heavy atom. The highest BCUT2D eigenvalue weighted by molar-refractivity contribution is 6.39. The molecule has 0 saturated carbocycles. The zero-order valence-corrected chi connectivity index (χ0v) is 17.8. The minimum absolute atomic E-state index is 0.174. The lowest BCUT2D eigenvalue weighted by molar-refractivity contribution is -0.122. The van der Waals surface area contributed by atoms with Crippen molar-refractivity contribution in [2.75, 3.05) is 18.1 Å². The van der Waals surface area contributed by atoms with Gasteiger partial charge in [-0.2, -0.15) is 0 Å². The summed E-state index contributed by atoms with van der Waals surface area (Å²) in [4.78, 5) is 50.5. The number of carbonyl (C=O) groups is 4. The minimum atomic E-state index is -0.907. The number of amides is 4. The topological polar surface area (TPSA) is 102 Å². The van der Waals surface area contributed by atoms with E-state index in [1.807, 2.05) is 0 Å². The van der Waals surface area contributed by atoms with Crippen LogP contribution in [0.5, 0.6) is 5.75 Å². The first-order valence-electron chi connectivity index (χ1n) is 9.57. The molecule has 2 aromatic rings. The minimum Gasteiger partial charge on any atom is -0.489 e. The van der Waals surface area contributed by atoms with Crippen LogP contribution in [0.4, 0.5) is 10.5 Å². The number of imide groups is 2. The quantitative estimate of drug-likeness (QED) is 0.296. The van der Waals surface area contributed by atoms with Gasteiger partial charge in [-0.05, 0) is 55.5 Å². The van der Waals surface area contributed by atoms with Gasteiger partial charge in [0.15, 0.2) is 0 Å². The van der Waals surface area contributed by atoms with Gasteiger partial charge in [-0.15, -0.1) is 0 Å². The Bertz CT molecular complexity index is 1120. The number of benzene rings is 2. The number of urea groups is 1. The van der Waals surface area contributed by atoms with Gasteiger partial charge in [0, 0.05) is 10.6 Å². The number of carbonyl (C=O) groups excluding carboxylic acids is 4. The first-order valence-corrected chi connectivity index (χ1v) is 9.95. The molecule has 4 amide bonds. The molecule has 164 valence electrons. The molecule has 1 N–H and O–H groups in total. The van der Waals surface area contributed by atoms with Gasteiger partial charge in [-0.3, -0.25) is 14.9 Å². The van der Waals surface area contributed by atoms with Crippen molar-refractivity contribution in [3.05, 3.63) is 76.8 Å². The Balaban J connectivity index is 1.96. The average Bonchev–Trinajstić information content (AvgIpc) is 2.76. The molecule has 1 saturated heterocycles. The van der Waals surface area contributed by atoms with Gasteiger partial charge in [0.2, 0.25) is 0 Å². The standard InChI is InChI=1S/C23H19ClN2O6/c1-3-11-32-19-10-7-16(24)12-15(19)13-18-20(27)25-23(30)26(21(18)28)17-8-5-14(6-9-17)22(29)31-4-2/h3,5-10,12-13H,1,4,11H2,2H3,(H,25,27,30)/b18-13+. The van der Waals surface area contributed by atoms with Crippen molar-refractivity contribution in [1.29, 1.82) is 0 Å². The SMILES string of the molecule is C=CCOc1ccc(Cl)cc1/C=C1\C(=O)NC(=O)N(c2ccc(C(=O)OCC)cc2)C1=O. The molecule has 1 aliphatic heterocycles. The summed E-state index contributed by atoms with van der Waals surface area (Å²) in [5.41, 5.74) is 0.526. The Labute approximate surface area is 189 Å². The summed E-state index contributed by atoms with van der Waals surface area (Å²) in [6.07, 6.45) is 2.85. The molecule has 32 heavy (non-hydrogen) atoms. The monoisotopic (exact) mass is 454 g/mol. The van der Waals surface area contributed by atoms with Crippen LogP contribution in [0.25, 0.3) is 6.08 Å². The third-order valence-electron chi connectivity index (χ3n) is 4.37. The van der Waals surface area contributed by atoms with Gasteiger partial charge in [-0.1, -0.05) is 24.3 Å². The maximum atomic E-state index is 13.1. The lowest BCUT2D eigenvalue weighted by Crippen LogP contribution is -2.54. The van der Waals surface area contributed by atoms with E-state index in [-0.39, 0.29) is 30.0 Å². The van der Waals surface area contributed by atoms with Crippen molar-refractivity contribution in [3.8, 4) is 5.75 Å². The van der Waals surface area contributed by atoms with Crippen LogP contribution in [0.1, 0.15) is 22.8 Å². The molecule has 0 aliphatic carbocycles. The highest BCUT2D eigenvalue weighted by Gasteiger charge is 2.37. The van der Waals surface area contributed by atoms with E-state index in [2.05, 4.69) is 11.9 Å². The van der Waals surface area contributed by atoms with Crippen LogP contribution < -0.4 is 15.0 Å². The van der Waals surface area contributed by atoms with Crippen LogP contribution in [-0.4, -0.2) is 37.0 Å². The van der Waals surface area contributed by atoms with E-state index in [1.54, 1.807) is 25.1 Å². The highest BCUT2D eigenvalue weighted by atomic mass is 35.5. The molecule has 0 unspecified atom stereocenters. The highest BCUT2D eigenvalue weighted by Crippen LogP contribution is 2.28. The van der Waals surface area contributed by atoms with Crippen LogP contribution >= 0.6 is 11.6 Å². The molecule has 1 aliphatic rings. The van der Waals surface area contributed by atoms with E-state index >= 15 is 0 Å². The largest absolute Gasteiger partial charge is 0.489 e. The molecule has 0 bridgehead atoms. The second kappa shape index (κ2) is 9.93. The molecule has 2 aromatic carbocycles. The predicted molar refractivity (Wildman–Crippen MR) is 119 cm³/mol. The van der Waals surface area contributed by atoms with Gasteiger partial charge in [-0.25, -0.2) is 14.5 Å². The van der Waals surface area contributed by atoms with Gasteiger partial charge in [0.25, 0.3) is 11.8 Å². The van der Waals surface area contributed by atoms with E-state index in [0.29, 0.717) is 16.3 Å². The Hall–Kier alpha value is -3.91. The summed E-state index contributed by atoms with van der Waals surface area (Å²) in [6, 6.07) is 9.49. The van der Waals surface area contributed by atoms with E-state index in [4.69, 9.17) is 21.1 Å². The van der Waals surface area contributed by atoms with Crippen LogP contribution in [0.15, 0.2) is 60.7 Å². The van der Waals surface area contributed by atoms with Gasteiger partial charge >= 0.3 is 12.0 Å². The van der Waals surface area contributed by atoms with Crippen LogP contribution in [0.3, 0.4) is 0 Å². The number of halogens is 1. The molecule has 0 spiro atoms. The first kappa shape index (κ1) is 22.8. The van der Waals surface area contributed by atoms with Crippen LogP contribution in [0, 0.1) is 0 Å². The second-order valence-electron chi connectivity index (χ2n) is 6.51. The fraction of sp³-hybridized carbons (Fsp3) is 0.130. The maximum absolute atomic E-state index is 13.1. The van der Waals surface area contributed by atoms with Crippen molar-refractivity contribution in [2.24, 2.45) is 0 Å². The number of esters is 1. The molecule has 1 heterocycles. The zero-order chi connectivity index (χ0) is 23.3. The van der Waals surface area contributed by atoms with Crippen molar-refractivity contribution < 1.29 is 28.7 Å². The lowest BCUT2D eigenvalue weighted by Gasteiger charge is -2.26. The molecule has 0 aromatic heterocycles. The van der Waals surface area contributed by atoms with Gasteiger partial charge in [0.1, 0.15) is 17.9 Å². The average molecular weight is 455 g/mol. The van der Waals surface area contributed by atoms with E-state index in [1.165, 1.54) is 36.4 Å². The molecular formula is C23H19ClN2O6. The summed E-state index contributed by atoms with van der Waals surface area (Å²) in [6.45, 7) is 5.68. The number of hydrogen-bond acceptors (Lipinski definition) is 6. The Kier molecular flexibility index (Phi) is 7.07. The number of hydrogen-bond donors (Lipinski definition) is 1. The third kappa shape index (κ3) is 4.87. The normalized spacial score (nSPS) is 14.9. The van der Waals surface area contributed by atoms with Crippen molar-refractivity contribution in [3.63, 3.8) is 0 Å². The molecule has 3 rings (SSSR count). The predicted octanol–water partition coefficient (Wildman–Crippen LogP) is 3.75. The second-order valence-corrected chi connectivity index (χ2v) is 6.94. The smallest absolute Gasteiger partial charge is 0.338 e. The number of nitrogens with zero attached hydrogens (tertiary/aromatic N) is 1. The Morgan fingerprint density at radius 2 is 1.88 bits per heavy atom. The van der Waals surface area contributed by atoms with Crippen molar-refractivity contribution in [2.45, 2.75) is 6.92 Å². The number of rotatable bonds is 7. The number of barbiturate groups is 1. The van der Waals surface area contributed by atoms with Crippen LogP contribution in [0.2, 0.25) is 5.02 Å². The molecule has 0 atom stereocenters. The van der Waals surface area contributed by atoms with Gasteiger partial charge in [0.05, 0.1) is 17.9 Å². The first-order chi connectivity index (χ1) is 15.3. The third-order valence-corrected chi connectivity index (χ3v) is 4.60. The van der Waals surface area contributed by atoms with Crippen molar-refractivity contribution >= 4 is 47.2 Å². The molecule has 9 heteroatoms. The summed E-state index contributed by atoms with van der Waals surface area (Å²) in [5, 5.41) is 2.51. The van der Waals surface area contributed by atoms with E-state index < -0.39 is 23.8 Å². The number of ether oxygens (including phenoxy) is 2. The van der Waals surface area contributed by atoms with E-state index in [9.17, 15) is 19.2 Å². The fourth-order valence-corrected chi connectivity index (χ4v) is 3.10. The summed E-state index contributed by atoms with van der Waals surface area (Å²) in [5.74, 6) is -1.84. The molecular weight excluding hydrogens is 436 g/mol. The summed E-state index contributed by atoms with van der Waals surface area (Å²) in [7, 11) is 0. The Morgan fingerprint density at radius 3 is 2.53 bits per heavy atom. The van der Waals surface area contributed by atoms with Crippen LogP contribution in [-0.2, 0) is 14.3 Å². The van der Waals surface area contributed by atoms with Crippen molar-refractivity contribution in [1.82, 2.24) is 5.32 Å². The number of anilines is 1. The summed E-state index contributed by atoms with van der Waals surface area (Å²) < 4.78 is 10.5. The van der Waals surface area contributed by atoms with Gasteiger partial charge < -0.3 is 9.47 Å². The zero-order valence-electron chi connectivity index (χ0n) is 17.1. The lowest BCUT2D eigenvalue weighted by atomic mass is 10.1. The summed E-state index contributed by atoms with van der Waals surface area (Å²) >= 11 is 6.06. The number of nitrogens with one attached hydrogen (secondary N) is 1.